The number of methoxy groups -OCH3 is 1. The number of nitrogens with two attached hydrogens (primary N) is 1. The Morgan fingerprint density at radius 2 is 2.12 bits per heavy atom. The second kappa shape index (κ2) is 7.25. The summed E-state index contributed by atoms with van der Waals surface area (Å²) in [4.78, 5) is 0. The van der Waals surface area contributed by atoms with Gasteiger partial charge in [0, 0.05) is 19.3 Å². The second-order valence-corrected chi connectivity index (χ2v) is 5.09. The average Bonchev–Trinajstić information content (AvgIpc) is 2.66. The van der Waals surface area contributed by atoms with Gasteiger partial charge in [-0.2, -0.15) is 0 Å². The van der Waals surface area contributed by atoms with Gasteiger partial charge in [-0.15, -0.1) is 0 Å². The highest BCUT2D eigenvalue weighted by Gasteiger charge is 2.33. The first-order chi connectivity index (χ1) is 7.70. The molecule has 0 aromatic rings. The van der Waals surface area contributed by atoms with E-state index in [-0.39, 0.29) is 5.54 Å². The first kappa shape index (κ1) is 13.9. The Bertz CT molecular complexity index is 187. The van der Waals surface area contributed by atoms with Crippen LogP contribution >= 0.6 is 0 Å². The van der Waals surface area contributed by atoms with Gasteiger partial charge in [-0.1, -0.05) is 13.3 Å². The smallest absolute Gasteiger partial charge is 0.0700 e. The predicted molar refractivity (Wildman–Crippen MR) is 66.5 cm³/mol. The summed E-state index contributed by atoms with van der Waals surface area (Å²) in [6, 6.07) is 0. The molecule has 2 N–H and O–H groups in total. The highest BCUT2D eigenvalue weighted by molar-refractivity contribution is 4.92. The van der Waals surface area contributed by atoms with Crippen LogP contribution in [0.5, 0.6) is 0 Å². The molecule has 2 unspecified atom stereocenters. The summed E-state index contributed by atoms with van der Waals surface area (Å²) in [6.07, 6.45) is 7.19. The van der Waals surface area contributed by atoms with Gasteiger partial charge in [-0.05, 0) is 38.0 Å². The molecular weight excluding hydrogens is 202 g/mol. The highest BCUT2D eigenvalue weighted by atomic mass is 16.5. The third-order valence-electron chi connectivity index (χ3n) is 3.72. The largest absolute Gasteiger partial charge is 0.382 e. The number of hydrogen-bond donors (Lipinski definition) is 1. The van der Waals surface area contributed by atoms with Gasteiger partial charge >= 0.3 is 0 Å². The molecule has 1 aliphatic carbocycles. The van der Waals surface area contributed by atoms with Gasteiger partial charge in [0.25, 0.3) is 0 Å². The van der Waals surface area contributed by atoms with Crippen LogP contribution in [0.15, 0.2) is 0 Å². The minimum atomic E-state index is 0.102. The zero-order valence-electron chi connectivity index (χ0n) is 10.8. The molecule has 0 bridgehead atoms. The topological polar surface area (TPSA) is 44.5 Å². The van der Waals surface area contributed by atoms with Crippen molar-refractivity contribution in [1.82, 2.24) is 0 Å². The van der Waals surface area contributed by atoms with E-state index in [1.165, 1.54) is 25.7 Å². The van der Waals surface area contributed by atoms with Crippen molar-refractivity contribution in [3.05, 3.63) is 0 Å². The minimum absolute atomic E-state index is 0.102. The van der Waals surface area contributed by atoms with Crippen molar-refractivity contribution >= 4 is 0 Å². The lowest BCUT2D eigenvalue weighted by Gasteiger charge is -2.24. The molecular formula is C13H27NO2. The van der Waals surface area contributed by atoms with Gasteiger partial charge in [-0.3, -0.25) is 0 Å². The highest BCUT2D eigenvalue weighted by Crippen LogP contribution is 2.37. The third-order valence-corrected chi connectivity index (χ3v) is 3.72. The number of hydrogen-bond acceptors (Lipinski definition) is 3. The van der Waals surface area contributed by atoms with Crippen LogP contribution in [0.1, 0.15) is 45.4 Å². The van der Waals surface area contributed by atoms with Crippen molar-refractivity contribution in [2.24, 2.45) is 11.7 Å². The monoisotopic (exact) mass is 229 g/mol. The zero-order valence-corrected chi connectivity index (χ0v) is 10.8. The molecule has 16 heavy (non-hydrogen) atoms. The van der Waals surface area contributed by atoms with Gasteiger partial charge in [0.05, 0.1) is 13.2 Å². The van der Waals surface area contributed by atoms with Crippen LogP contribution in [0.2, 0.25) is 0 Å². The maximum atomic E-state index is 6.39. The molecule has 0 spiro atoms. The van der Waals surface area contributed by atoms with Crippen LogP contribution in [0.3, 0.4) is 0 Å². The molecule has 0 aliphatic heterocycles. The Morgan fingerprint density at radius 3 is 2.75 bits per heavy atom. The summed E-state index contributed by atoms with van der Waals surface area (Å²) >= 11 is 0. The van der Waals surface area contributed by atoms with E-state index in [9.17, 15) is 0 Å². The summed E-state index contributed by atoms with van der Waals surface area (Å²) in [5.74, 6) is 0.861. The van der Waals surface area contributed by atoms with Crippen LogP contribution in [0, 0.1) is 5.92 Å². The molecule has 0 saturated heterocycles. The van der Waals surface area contributed by atoms with Crippen LogP contribution < -0.4 is 5.73 Å². The number of ether oxygens (including phenoxy) is 2. The second-order valence-electron chi connectivity index (χ2n) is 5.09. The molecule has 1 saturated carbocycles. The number of rotatable bonds is 8. The predicted octanol–water partition coefficient (Wildman–Crippen LogP) is 2.34. The Morgan fingerprint density at radius 1 is 1.31 bits per heavy atom. The molecule has 96 valence electrons. The first-order valence-corrected chi connectivity index (χ1v) is 6.56. The van der Waals surface area contributed by atoms with E-state index in [0.717, 1.165) is 25.4 Å². The molecule has 0 aromatic heterocycles. The Kier molecular flexibility index (Phi) is 6.32. The van der Waals surface area contributed by atoms with E-state index >= 15 is 0 Å². The zero-order chi connectivity index (χ0) is 11.9. The molecule has 0 radical (unpaired) electrons. The van der Waals surface area contributed by atoms with Gasteiger partial charge in [0.2, 0.25) is 0 Å². The fourth-order valence-electron chi connectivity index (χ4n) is 2.62. The van der Waals surface area contributed by atoms with Crippen LogP contribution in [-0.2, 0) is 9.47 Å². The fraction of sp³-hybridized carbons (Fsp3) is 1.00. The summed E-state index contributed by atoms with van der Waals surface area (Å²) < 4.78 is 10.4. The van der Waals surface area contributed by atoms with Crippen molar-refractivity contribution in [2.75, 3.05) is 26.9 Å². The van der Waals surface area contributed by atoms with Crippen molar-refractivity contribution in [2.45, 2.75) is 51.0 Å². The SMILES string of the molecule is CCC1CCC(N)(CCCOCCOC)C1. The third kappa shape index (κ3) is 4.81. The molecule has 1 rings (SSSR count). The van der Waals surface area contributed by atoms with E-state index in [1.807, 2.05) is 0 Å². The van der Waals surface area contributed by atoms with Crippen molar-refractivity contribution in [1.29, 1.82) is 0 Å². The van der Waals surface area contributed by atoms with Crippen LogP contribution in [0.4, 0.5) is 0 Å². The van der Waals surface area contributed by atoms with E-state index in [1.54, 1.807) is 7.11 Å². The molecule has 0 amide bonds. The maximum Gasteiger partial charge on any atom is 0.0700 e. The Labute approximate surface area is 99.7 Å². The lowest BCUT2D eigenvalue weighted by Crippen LogP contribution is -2.37. The van der Waals surface area contributed by atoms with E-state index in [4.69, 9.17) is 15.2 Å². The normalized spacial score (nSPS) is 29.8. The van der Waals surface area contributed by atoms with Crippen LogP contribution in [0.25, 0.3) is 0 Å². The fourth-order valence-corrected chi connectivity index (χ4v) is 2.62. The van der Waals surface area contributed by atoms with Crippen molar-refractivity contribution < 1.29 is 9.47 Å². The van der Waals surface area contributed by atoms with Gasteiger partial charge < -0.3 is 15.2 Å². The average molecular weight is 229 g/mol. The quantitative estimate of drug-likeness (QED) is 0.650. The molecule has 0 heterocycles. The minimum Gasteiger partial charge on any atom is -0.382 e. The van der Waals surface area contributed by atoms with Gasteiger partial charge in [0.15, 0.2) is 0 Å². The molecule has 3 heteroatoms. The van der Waals surface area contributed by atoms with Crippen molar-refractivity contribution in [3.63, 3.8) is 0 Å². The summed E-state index contributed by atoms with van der Waals surface area (Å²) in [5.41, 5.74) is 6.49. The van der Waals surface area contributed by atoms with Crippen molar-refractivity contribution in [3.8, 4) is 0 Å². The Balaban J connectivity index is 2.04. The molecule has 3 nitrogen and oxygen atoms in total. The Hall–Kier alpha value is -0.120. The van der Waals surface area contributed by atoms with E-state index in [0.29, 0.717) is 13.2 Å². The maximum absolute atomic E-state index is 6.39. The molecule has 0 aromatic carbocycles. The van der Waals surface area contributed by atoms with Gasteiger partial charge in [0.1, 0.15) is 0 Å². The summed E-state index contributed by atoms with van der Waals surface area (Å²) in [5, 5.41) is 0. The van der Waals surface area contributed by atoms with Gasteiger partial charge in [-0.25, -0.2) is 0 Å². The molecule has 1 fully saturated rings. The first-order valence-electron chi connectivity index (χ1n) is 6.56. The lowest BCUT2D eigenvalue weighted by atomic mass is 9.91. The molecule has 2 atom stereocenters. The lowest BCUT2D eigenvalue weighted by molar-refractivity contribution is 0.0664. The summed E-state index contributed by atoms with van der Waals surface area (Å²) in [6.45, 7) is 4.47. The van der Waals surface area contributed by atoms with Crippen LogP contribution in [-0.4, -0.2) is 32.5 Å². The van der Waals surface area contributed by atoms with E-state index < -0.39 is 0 Å². The standard InChI is InChI=1S/C13H27NO2/c1-3-12-5-7-13(14,11-12)6-4-8-16-10-9-15-2/h12H,3-11,14H2,1-2H3. The molecule has 1 aliphatic rings. The summed E-state index contributed by atoms with van der Waals surface area (Å²) in [7, 11) is 1.70. The van der Waals surface area contributed by atoms with E-state index in [2.05, 4.69) is 6.92 Å².